The number of ether oxygens (including phenoxy) is 1. The van der Waals surface area contributed by atoms with Crippen molar-refractivity contribution in [2.45, 2.75) is 50.7 Å². The highest BCUT2D eigenvalue weighted by molar-refractivity contribution is 6.34. The number of hydrogen-bond acceptors (Lipinski definition) is 4. The van der Waals surface area contributed by atoms with Crippen LogP contribution in [0.1, 0.15) is 48.9 Å². The van der Waals surface area contributed by atoms with Crippen molar-refractivity contribution in [1.29, 1.82) is 0 Å². The maximum absolute atomic E-state index is 12.7. The predicted molar refractivity (Wildman–Crippen MR) is 111 cm³/mol. The number of hydrogen-bond donors (Lipinski definition) is 2. The van der Waals surface area contributed by atoms with Gasteiger partial charge in [0.1, 0.15) is 0 Å². The monoisotopic (exact) mass is 417 g/mol. The molecular weight excluding hydrogens is 389 g/mol. The molecule has 1 aromatic rings. The van der Waals surface area contributed by atoms with Crippen molar-refractivity contribution >= 4 is 41.5 Å². The molecule has 0 aromatic heterocycles. The van der Waals surface area contributed by atoms with Gasteiger partial charge in [-0.1, -0.05) is 30.9 Å². The van der Waals surface area contributed by atoms with Crippen molar-refractivity contribution < 1.29 is 14.3 Å². The highest BCUT2D eigenvalue weighted by Crippen LogP contribution is 2.26. The summed E-state index contributed by atoms with van der Waals surface area (Å²) in [4.78, 5) is 26.6. The smallest absolute Gasteiger partial charge is 0.255 e. The minimum atomic E-state index is -0.324. The Morgan fingerprint density at radius 2 is 2.00 bits per heavy atom. The molecule has 0 spiro atoms. The van der Waals surface area contributed by atoms with E-state index in [-0.39, 0.29) is 49.3 Å². The Morgan fingerprint density at radius 1 is 1.33 bits per heavy atom. The van der Waals surface area contributed by atoms with Gasteiger partial charge in [0.05, 0.1) is 23.1 Å². The summed E-state index contributed by atoms with van der Waals surface area (Å²) in [6.45, 7) is 0.269. The third-order valence-corrected chi connectivity index (χ3v) is 5.25. The Balaban J connectivity index is 0.00000364. The standard InChI is InChI=1S/C19H28ClN3O3.ClH/c1-23(14-6-4-3-5-7-14)19(25)16-9-8-13(10-17(16)20)22-18(24)11-15(12-21)26-2;/h8-10,14-15H,3-7,11-12,21H2,1-2H3,(H,22,24);1H. The van der Waals surface area contributed by atoms with E-state index in [9.17, 15) is 9.59 Å². The first-order valence-electron chi connectivity index (χ1n) is 9.05. The number of methoxy groups -OCH3 is 1. The van der Waals surface area contributed by atoms with E-state index in [0.717, 1.165) is 25.7 Å². The average molecular weight is 418 g/mol. The Labute approximate surface area is 172 Å². The molecule has 1 fully saturated rings. The topological polar surface area (TPSA) is 84.7 Å². The SMILES string of the molecule is COC(CN)CC(=O)Nc1ccc(C(=O)N(C)C2CCCCC2)c(Cl)c1.Cl. The second-order valence-corrected chi connectivity index (χ2v) is 7.16. The van der Waals surface area contributed by atoms with Crippen LogP contribution in [0.5, 0.6) is 0 Å². The third-order valence-electron chi connectivity index (χ3n) is 4.94. The lowest BCUT2D eigenvalue weighted by Gasteiger charge is -2.31. The van der Waals surface area contributed by atoms with Gasteiger partial charge in [-0.05, 0) is 31.0 Å². The molecular formula is C19H29Cl2N3O3. The Bertz CT molecular complexity index is 633. The fraction of sp³-hybridized carbons (Fsp3) is 0.579. The van der Waals surface area contributed by atoms with Crippen molar-refractivity contribution in [2.75, 3.05) is 26.0 Å². The van der Waals surface area contributed by atoms with Crippen LogP contribution >= 0.6 is 24.0 Å². The lowest BCUT2D eigenvalue weighted by atomic mass is 9.94. The Morgan fingerprint density at radius 3 is 2.56 bits per heavy atom. The molecule has 1 unspecified atom stereocenters. The summed E-state index contributed by atoms with van der Waals surface area (Å²) < 4.78 is 5.10. The summed E-state index contributed by atoms with van der Waals surface area (Å²) in [5, 5.41) is 3.09. The van der Waals surface area contributed by atoms with Crippen LogP contribution in [0.2, 0.25) is 5.02 Å². The van der Waals surface area contributed by atoms with Gasteiger partial charge in [0, 0.05) is 32.4 Å². The molecule has 152 valence electrons. The van der Waals surface area contributed by atoms with Crippen molar-refractivity contribution in [2.24, 2.45) is 5.73 Å². The van der Waals surface area contributed by atoms with Crippen LogP contribution in [-0.2, 0) is 9.53 Å². The molecule has 2 amide bonds. The number of carbonyl (C=O) groups is 2. The molecule has 1 aliphatic rings. The first kappa shape index (κ1) is 23.7. The quantitative estimate of drug-likeness (QED) is 0.710. The van der Waals surface area contributed by atoms with Gasteiger partial charge < -0.3 is 20.7 Å². The van der Waals surface area contributed by atoms with Gasteiger partial charge in [0.25, 0.3) is 5.91 Å². The van der Waals surface area contributed by atoms with E-state index in [0.29, 0.717) is 16.3 Å². The predicted octanol–water partition coefficient (Wildman–Crippen LogP) is 3.47. The van der Waals surface area contributed by atoms with Crippen molar-refractivity contribution in [3.8, 4) is 0 Å². The first-order chi connectivity index (χ1) is 12.5. The van der Waals surface area contributed by atoms with E-state index < -0.39 is 0 Å². The van der Waals surface area contributed by atoms with Gasteiger partial charge >= 0.3 is 0 Å². The number of halogens is 2. The molecule has 3 N–H and O–H groups in total. The van der Waals surface area contributed by atoms with E-state index in [4.69, 9.17) is 22.1 Å². The Hall–Kier alpha value is -1.34. The van der Waals surface area contributed by atoms with Crippen molar-refractivity contribution in [1.82, 2.24) is 4.90 Å². The first-order valence-corrected chi connectivity index (χ1v) is 9.43. The normalized spacial score (nSPS) is 15.6. The number of benzene rings is 1. The van der Waals surface area contributed by atoms with Crippen LogP contribution in [-0.4, -0.2) is 49.6 Å². The summed E-state index contributed by atoms with van der Waals surface area (Å²) in [6, 6.07) is 5.23. The molecule has 0 aliphatic heterocycles. The molecule has 1 aliphatic carbocycles. The number of anilines is 1. The molecule has 0 radical (unpaired) electrons. The zero-order valence-electron chi connectivity index (χ0n) is 15.9. The number of rotatable bonds is 7. The van der Waals surface area contributed by atoms with Gasteiger partial charge in [-0.15, -0.1) is 12.4 Å². The molecule has 2 rings (SSSR count). The van der Waals surface area contributed by atoms with Crippen LogP contribution in [0.3, 0.4) is 0 Å². The third kappa shape index (κ3) is 6.64. The van der Waals surface area contributed by atoms with E-state index in [2.05, 4.69) is 5.32 Å². The largest absolute Gasteiger partial charge is 0.380 e. The van der Waals surface area contributed by atoms with E-state index >= 15 is 0 Å². The number of nitrogens with one attached hydrogen (secondary N) is 1. The molecule has 1 atom stereocenters. The minimum absolute atomic E-state index is 0. The van der Waals surface area contributed by atoms with Crippen LogP contribution in [0, 0.1) is 0 Å². The van der Waals surface area contributed by atoms with E-state index in [1.165, 1.54) is 13.5 Å². The van der Waals surface area contributed by atoms with Crippen LogP contribution in [0.15, 0.2) is 18.2 Å². The zero-order chi connectivity index (χ0) is 19.1. The molecule has 1 aromatic carbocycles. The molecule has 6 nitrogen and oxygen atoms in total. The van der Waals surface area contributed by atoms with Crippen LogP contribution in [0.4, 0.5) is 5.69 Å². The van der Waals surface area contributed by atoms with Gasteiger partial charge in [-0.25, -0.2) is 0 Å². The average Bonchev–Trinajstić information content (AvgIpc) is 2.65. The fourth-order valence-electron chi connectivity index (χ4n) is 3.27. The summed E-state index contributed by atoms with van der Waals surface area (Å²) in [5.41, 5.74) is 6.52. The fourth-order valence-corrected chi connectivity index (χ4v) is 3.53. The summed E-state index contributed by atoms with van der Waals surface area (Å²) >= 11 is 6.31. The molecule has 27 heavy (non-hydrogen) atoms. The molecule has 8 heteroatoms. The lowest BCUT2D eigenvalue weighted by molar-refractivity contribution is -0.118. The second-order valence-electron chi connectivity index (χ2n) is 6.75. The number of nitrogens with zero attached hydrogens (tertiary/aromatic N) is 1. The van der Waals surface area contributed by atoms with E-state index in [1.807, 2.05) is 7.05 Å². The van der Waals surface area contributed by atoms with Crippen molar-refractivity contribution in [3.63, 3.8) is 0 Å². The number of carbonyl (C=O) groups excluding carboxylic acids is 2. The maximum atomic E-state index is 12.7. The van der Waals surface area contributed by atoms with Gasteiger partial charge in [-0.2, -0.15) is 0 Å². The highest BCUT2D eigenvalue weighted by atomic mass is 35.5. The second kappa shape index (κ2) is 11.5. The molecule has 0 heterocycles. The molecule has 1 saturated carbocycles. The number of nitrogens with two attached hydrogens (primary N) is 1. The summed E-state index contributed by atoms with van der Waals surface area (Å²) in [5.74, 6) is -0.292. The van der Waals surface area contributed by atoms with Gasteiger partial charge in [-0.3, -0.25) is 9.59 Å². The van der Waals surface area contributed by atoms with Gasteiger partial charge in [0.2, 0.25) is 5.91 Å². The zero-order valence-corrected chi connectivity index (χ0v) is 17.4. The van der Waals surface area contributed by atoms with Crippen LogP contribution < -0.4 is 11.1 Å². The highest BCUT2D eigenvalue weighted by Gasteiger charge is 2.24. The maximum Gasteiger partial charge on any atom is 0.255 e. The summed E-state index contributed by atoms with van der Waals surface area (Å²) in [6.07, 6.45) is 5.47. The van der Waals surface area contributed by atoms with Gasteiger partial charge in [0.15, 0.2) is 0 Å². The molecule has 0 bridgehead atoms. The van der Waals surface area contributed by atoms with Crippen molar-refractivity contribution in [3.05, 3.63) is 28.8 Å². The Kier molecular flexibility index (Phi) is 10.1. The number of amides is 2. The summed E-state index contributed by atoms with van der Waals surface area (Å²) in [7, 11) is 3.35. The minimum Gasteiger partial charge on any atom is -0.380 e. The lowest BCUT2D eigenvalue weighted by Crippen LogP contribution is -2.38. The van der Waals surface area contributed by atoms with E-state index in [1.54, 1.807) is 23.1 Å². The van der Waals surface area contributed by atoms with Crippen LogP contribution in [0.25, 0.3) is 0 Å². The molecule has 0 saturated heterocycles.